The van der Waals surface area contributed by atoms with Crippen LogP contribution in [0.25, 0.3) is 0 Å². The van der Waals surface area contributed by atoms with Gasteiger partial charge in [-0.3, -0.25) is 4.79 Å². The molecule has 0 saturated heterocycles. The lowest BCUT2D eigenvalue weighted by atomic mass is 10.0. The molecule has 12 heavy (non-hydrogen) atoms. The van der Waals surface area contributed by atoms with E-state index in [1.54, 1.807) is 6.07 Å². The topological polar surface area (TPSA) is 63.3 Å². The maximum absolute atomic E-state index is 10.8. The first-order valence-electron chi connectivity index (χ1n) is 3.77. The van der Waals surface area contributed by atoms with Crippen molar-refractivity contribution in [1.29, 1.82) is 0 Å². The number of phenolic OH excluding ortho intramolecular Hbond substituents is 1. The lowest BCUT2D eigenvalue weighted by molar-refractivity contribution is 0.0999. The molecular weight excluding hydrogens is 154 g/mol. The fraction of sp³-hybridized carbons (Fsp3) is 0.222. The van der Waals surface area contributed by atoms with Gasteiger partial charge in [-0.2, -0.15) is 0 Å². The number of amides is 1. The van der Waals surface area contributed by atoms with E-state index in [9.17, 15) is 4.79 Å². The fourth-order valence-corrected chi connectivity index (χ4v) is 1.11. The average molecular weight is 165 g/mol. The Morgan fingerprint density at radius 2 is 2.25 bits per heavy atom. The van der Waals surface area contributed by atoms with E-state index in [1.807, 2.05) is 6.92 Å². The van der Waals surface area contributed by atoms with Crippen LogP contribution >= 0.6 is 0 Å². The number of hydrogen-bond acceptors (Lipinski definition) is 2. The summed E-state index contributed by atoms with van der Waals surface area (Å²) in [4.78, 5) is 10.8. The molecule has 0 spiro atoms. The van der Waals surface area contributed by atoms with Crippen molar-refractivity contribution in [3.8, 4) is 5.75 Å². The van der Waals surface area contributed by atoms with Gasteiger partial charge in [0.15, 0.2) is 0 Å². The van der Waals surface area contributed by atoms with Gasteiger partial charge in [0.1, 0.15) is 5.75 Å². The third-order valence-electron chi connectivity index (χ3n) is 1.74. The quantitative estimate of drug-likeness (QED) is 0.688. The van der Waals surface area contributed by atoms with Crippen molar-refractivity contribution in [1.82, 2.24) is 0 Å². The summed E-state index contributed by atoms with van der Waals surface area (Å²) in [6.45, 7) is 1.90. The molecule has 3 heteroatoms. The number of primary amides is 1. The number of aromatic hydroxyl groups is 1. The minimum absolute atomic E-state index is 0.164. The van der Waals surface area contributed by atoms with Crippen LogP contribution in [0.4, 0.5) is 0 Å². The number of carbonyl (C=O) groups is 1. The predicted molar refractivity (Wildman–Crippen MR) is 46.0 cm³/mol. The summed E-state index contributed by atoms with van der Waals surface area (Å²) in [5.41, 5.74) is 6.38. The predicted octanol–water partition coefficient (Wildman–Crippen LogP) is 1.05. The smallest absolute Gasteiger partial charge is 0.248 e. The molecule has 0 saturated carbocycles. The minimum Gasteiger partial charge on any atom is -0.508 e. The van der Waals surface area contributed by atoms with Crippen molar-refractivity contribution in [3.63, 3.8) is 0 Å². The monoisotopic (exact) mass is 165 g/mol. The summed E-state index contributed by atoms with van der Waals surface area (Å²) < 4.78 is 0. The van der Waals surface area contributed by atoms with Crippen LogP contribution in [0.15, 0.2) is 18.2 Å². The zero-order valence-corrected chi connectivity index (χ0v) is 6.87. The van der Waals surface area contributed by atoms with Crippen LogP contribution in [0.3, 0.4) is 0 Å². The Bertz CT molecular complexity index is 307. The fourth-order valence-electron chi connectivity index (χ4n) is 1.11. The maximum Gasteiger partial charge on any atom is 0.248 e. The van der Waals surface area contributed by atoms with Gasteiger partial charge in [-0.05, 0) is 30.2 Å². The lowest BCUT2D eigenvalue weighted by Gasteiger charge is -2.03. The highest BCUT2D eigenvalue weighted by molar-refractivity contribution is 5.94. The third-order valence-corrected chi connectivity index (χ3v) is 1.74. The lowest BCUT2D eigenvalue weighted by Crippen LogP contribution is -2.13. The molecule has 1 rings (SSSR count). The molecule has 0 fully saturated rings. The van der Waals surface area contributed by atoms with Crippen LogP contribution < -0.4 is 5.73 Å². The first-order chi connectivity index (χ1) is 5.65. The zero-order chi connectivity index (χ0) is 9.14. The molecule has 0 unspecified atom stereocenters. The summed E-state index contributed by atoms with van der Waals surface area (Å²) in [5, 5.41) is 9.10. The van der Waals surface area contributed by atoms with Crippen molar-refractivity contribution in [2.75, 3.05) is 0 Å². The minimum atomic E-state index is -0.452. The number of benzene rings is 1. The van der Waals surface area contributed by atoms with Crippen LogP contribution in [0, 0.1) is 0 Å². The van der Waals surface area contributed by atoms with Gasteiger partial charge in [0.25, 0.3) is 0 Å². The van der Waals surface area contributed by atoms with E-state index in [4.69, 9.17) is 10.8 Å². The van der Waals surface area contributed by atoms with Gasteiger partial charge in [0.05, 0.1) is 0 Å². The summed E-state index contributed by atoms with van der Waals surface area (Å²) in [5.74, 6) is -0.288. The molecule has 1 amide bonds. The van der Waals surface area contributed by atoms with E-state index >= 15 is 0 Å². The van der Waals surface area contributed by atoms with E-state index in [0.717, 1.165) is 5.56 Å². The van der Waals surface area contributed by atoms with Crippen molar-refractivity contribution in [2.24, 2.45) is 5.73 Å². The Morgan fingerprint density at radius 3 is 2.75 bits per heavy atom. The first kappa shape index (κ1) is 8.59. The highest BCUT2D eigenvalue weighted by Crippen LogP contribution is 2.16. The number of aryl methyl sites for hydroxylation is 1. The molecule has 0 bridgehead atoms. The van der Waals surface area contributed by atoms with Crippen molar-refractivity contribution in [3.05, 3.63) is 29.3 Å². The van der Waals surface area contributed by atoms with Gasteiger partial charge in [-0.25, -0.2) is 0 Å². The van der Waals surface area contributed by atoms with Gasteiger partial charge in [-0.15, -0.1) is 0 Å². The molecule has 0 aliphatic rings. The van der Waals surface area contributed by atoms with E-state index in [0.29, 0.717) is 12.0 Å². The molecule has 1 aromatic carbocycles. The number of rotatable bonds is 2. The van der Waals surface area contributed by atoms with Gasteiger partial charge < -0.3 is 10.8 Å². The summed E-state index contributed by atoms with van der Waals surface area (Å²) in [7, 11) is 0. The number of hydrogen-bond donors (Lipinski definition) is 2. The Labute approximate surface area is 70.8 Å². The molecule has 3 nitrogen and oxygen atoms in total. The van der Waals surface area contributed by atoms with Crippen molar-refractivity contribution >= 4 is 5.91 Å². The van der Waals surface area contributed by atoms with Crippen LogP contribution in [0.1, 0.15) is 22.8 Å². The second-order valence-corrected chi connectivity index (χ2v) is 2.56. The molecule has 3 N–H and O–H groups in total. The van der Waals surface area contributed by atoms with Crippen molar-refractivity contribution in [2.45, 2.75) is 13.3 Å². The van der Waals surface area contributed by atoms with Gasteiger partial charge in [0.2, 0.25) is 5.91 Å². The standard InChI is InChI=1S/C9H11NO2/c1-2-6-5-7(11)3-4-8(6)9(10)12/h3-5,11H,2H2,1H3,(H2,10,12). The maximum atomic E-state index is 10.8. The molecule has 0 atom stereocenters. The second kappa shape index (κ2) is 3.26. The van der Waals surface area contributed by atoms with E-state index < -0.39 is 5.91 Å². The zero-order valence-electron chi connectivity index (χ0n) is 6.87. The molecule has 64 valence electrons. The Kier molecular flexibility index (Phi) is 2.33. The Morgan fingerprint density at radius 1 is 1.58 bits per heavy atom. The number of nitrogens with two attached hydrogens (primary N) is 1. The van der Waals surface area contributed by atoms with E-state index in [-0.39, 0.29) is 5.75 Å². The molecular formula is C9H11NO2. The van der Waals surface area contributed by atoms with E-state index in [2.05, 4.69) is 0 Å². The molecule has 0 heterocycles. The van der Waals surface area contributed by atoms with Gasteiger partial charge in [0, 0.05) is 5.56 Å². The highest BCUT2D eigenvalue weighted by Gasteiger charge is 2.06. The third kappa shape index (κ3) is 1.56. The summed E-state index contributed by atoms with van der Waals surface area (Å²) >= 11 is 0. The number of phenols is 1. The van der Waals surface area contributed by atoms with E-state index in [1.165, 1.54) is 12.1 Å². The molecule has 0 aliphatic carbocycles. The largest absolute Gasteiger partial charge is 0.508 e. The molecule has 0 aliphatic heterocycles. The van der Waals surface area contributed by atoms with Crippen LogP contribution in [0.5, 0.6) is 5.75 Å². The van der Waals surface area contributed by atoms with Crippen LogP contribution in [-0.2, 0) is 6.42 Å². The van der Waals surface area contributed by atoms with Crippen LogP contribution in [0.2, 0.25) is 0 Å². The normalized spacial score (nSPS) is 9.75. The molecule has 0 radical (unpaired) electrons. The Balaban J connectivity index is 3.20. The van der Waals surface area contributed by atoms with Gasteiger partial charge >= 0.3 is 0 Å². The van der Waals surface area contributed by atoms with Gasteiger partial charge in [-0.1, -0.05) is 6.92 Å². The highest BCUT2D eigenvalue weighted by atomic mass is 16.3. The molecule has 1 aromatic rings. The average Bonchev–Trinajstić information content (AvgIpc) is 2.03. The summed E-state index contributed by atoms with van der Waals surface area (Å²) in [6, 6.07) is 4.55. The second-order valence-electron chi connectivity index (χ2n) is 2.56. The number of carbonyl (C=O) groups excluding carboxylic acids is 1. The Hall–Kier alpha value is -1.51. The molecule has 0 aromatic heterocycles. The first-order valence-corrected chi connectivity index (χ1v) is 3.77. The van der Waals surface area contributed by atoms with Crippen molar-refractivity contribution < 1.29 is 9.90 Å². The SMILES string of the molecule is CCc1cc(O)ccc1C(N)=O. The van der Waals surface area contributed by atoms with Crippen LogP contribution in [-0.4, -0.2) is 11.0 Å². The summed E-state index contributed by atoms with van der Waals surface area (Å²) in [6.07, 6.45) is 0.687.